The molecule has 1 nitrogen and oxygen atoms in total. The molecule has 0 fully saturated rings. The molecule has 1 aromatic heterocycles. The maximum atomic E-state index is 13.9. The lowest BCUT2D eigenvalue weighted by atomic mass is 9.87. The average Bonchev–Trinajstić information content (AvgIpc) is 2.86. The maximum absolute atomic E-state index is 13.9. The minimum atomic E-state index is -1.12. The Hall–Kier alpha value is -1.19. The molecule has 0 saturated carbocycles. The molecule has 1 heterocycles. The maximum Gasteiger partial charge on any atom is 0.129 e. The zero-order valence-corrected chi connectivity index (χ0v) is 12.1. The Labute approximate surface area is 117 Å². The first-order chi connectivity index (χ1) is 9.09. The fourth-order valence-corrected chi connectivity index (χ4v) is 3.31. The summed E-state index contributed by atoms with van der Waals surface area (Å²) in [7, 11) is 0. The van der Waals surface area contributed by atoms with Crippen LogP contribution in [0.1, 0.15) is 35.6 Å². The third-order valence-corrected chi connectivity index (χ3v) is 4.72. The average molecular weight is 278 g/mol. The SMILES string of the molecule is CCc1ccc(CC(O)(CC)c2ccccc2F)s1. The van der Waals surface area contributed by atoms with Gasteiger partial charge in [0.05, 0.1) is 5.60 Å². The molecule has 0 aliphatic rings. The van der Waals surface area contributed by atoms with Crippen molar-refractivity contribution in [1.29, 1.82) is 0 Å². The van der Waals surface area contributed by atoms with Crippen molar-refractivity contribution < 1.29 is 9.50 Å². The van der Waals surface area contributed by atoms with Crippen LogP contribution >= 0.6 is 11.3 Å². The van der Waals surface area contributed by atoms with Gasteiger partial charge in [0.2, 0.25) is 0 Å². The van der Waals surface area contributed by atoms with Crippen LogP contribution in [-0.2, 0) is 18.4 Å². The quantitative estimate of drug-likeness (QED) is 0.865. The zero-order chi connectivity index (χ0) is 13.9. The minimum absolute atomic E-state index is 0.334. The van der Waals surface area contributed by atoms with E-state index < -0.39 is 5.60 Å². The van der Waals surface area contributed by atoms with Crippen LogP contribution < -0.4 is 0 Å². The van der Waals surface area contributed by atoms with E-state index in [4.69, 9.17) is 0 Å². The molecule has 3 heteroatoms. The van der Waals surface area contributed by atoms with Gasteiger partial charge in [0.25, 0.3) is 0 Å². The second-order valence-corrected chi connectivity index (χ2v) is 6.02. The molecule has 0 aliphatic carbocycles. The summed E-state index contributed by atoms with van der Waals surface area (Å²) >= 11 is 1.69. The van der Waals surface area contributed by atoms with Crippen LogP contribution in [-0.4, -0.2) is 5.11 Å². The van der Waals surface area contributed by atoms with Crippen molar-refractivity contribution in [2.24, 2.45) is 0 Å². The number of hydrogen-bond acceptors (Lipinski definition) is 2. The molecule has 0 saturated heterocycles. The summed E-state index contributed by atoms with van der Waals surface area (Å²) in [5.41, 5.74) is -0.731. The summed E-state index contributed by atoms with van der Waals surface area (Å²) in [6.45, 7) is 4.00. The lowest BCUT2D eigenvalue weighted by molar-refractivity contribution is 0.0300. The van der Waals surface area contributed by atoms with Gasteiger partial charge in [0, 0.05) is 21.7 Å². The van der Waals surface area contributed by atoms with Crippen molar-refractivity contribution in [2.75, 3.05) is 0 Å². The van der Waals surface area contributed by atoms with Crippen molar-refractivity contribution in [3.8, 4) is 0 Å². The molecule has 0 aliphatic heterocycles. The summed E-state index contributed by atoms with van der Waals surface area (Å²) in [5, 5.41) is 10.8. The van der Waals surface area contributed by atoms with Crippen molar-refractivity contribution in [1.82, 2.24) is 0 Å². The van der Waals surface area contributed by atoms with E-state index in [2.05, 4.69) is 13.0 Å². The summed E-state index contributed by atoms with van der Waals surface area (Å²) in [6.07, 6.45) is 1.96. The second-order valence-electron chi connectivity index (χ2n) is 4.76. The Bertz CT molecular complexity index is 549. The lowest BCUT2D eigenvalue weighted by Crippen LogP contribution is -2.28. The van der Waals surface area contributed by atoms with Crippen LogP contribution in [0.15, 0.2) is 36.4 Å². The molecule has 1 unspecified atom stereocenters. The van der Waals surface area contributed by atoms with E-state index >= 15 is 0 Å². The van der Waals surface area contributed by atoms with Gasteiger partial charge in [-0.05, 0) is 31.0 Å². The van der Waals surface area contributed by atoms with Crippen molar-refractivity contribution >= 4 is 11.3 Å². The molecule has 102 valence electrons. The minimum Gasteiger partial charge on any atom is -0.385 e. The van der Waals surface area contributed by atoms with Crippen LogP contribution in [0.4, 0.5) is 4.39 Å². The third kappa shape index (κ3) is 3.04. The van der Waals surface area contributed by atoms with Gasteiger partial charge in [-0.15, -0.1) is 11.3 Å². The van der Waals surface area contributed by atoms with E-state index in [1.54, 1.807) is 29.5 Å². The fourth-order valence-electron chi connectivity index (χ4n) is 2.24. The fraction of sp³-hybridized carbons (Fsp3) is 0.375. The molecular weight excluding hydrogens is 259 g/mol. The highest BCUT2D eigenvalue weighted by Gasteiger charge is 2.30. The highest BCUT2D eigenvalue weighted by Crippen LogP contribution is 2.33. The number of hydrogen-bond donors (Lipinski definition) is 1. The number of aliphatic hydroxyl groups is 1. The standard InChI is InChI=1S/C16H19FOS/c1-3-12-9-10-13(19-12)11-16(18,4-2)14-7-5-6-8-15(14)17/h5-10,18H,3-4,11H2,1-2H3. The number of benzene rings is 1. The monoisotopic (exact) mass is 278 g/mol. The zero-order valence-electron chi connectivity index (χ0n) is 11.3. The predicted molar refractivity (Wildman–Crippen MR) is 78.0 cm³/mol. The number of rotatable bonds is 5. The van der Waals surface area contributed by atoms with Gasteiger partial charge >= 0.3 is 0 Å². The number of halogens is 1. The summed E-state index contributed by atoms with van der Waals surface area (Å²) < 4.78 is 13.9. The first kappa shape index (κ1) is 14.2. The highest BCUT2D eigenvalue weighted by atomic mass is 32.1. The molecule has 2 aromatic rings. The molecule has 0 spiro atoms. The third-order valence-electron chi connectivity index (χ3n) is 3.49. The van der Waals surface area contributed by atoms with Gasteiger partial charge < -0.3 is 5.11 Å². The van der Waals surface area contributed by atoms with Gasteiger partial charge in [-0.25, -0.2) is 4.39 Å². The normalized spacial score (nSPS) is 14.3. The molecule has 1 atom stereocenters. The van der Waals surface area contributed by atoms with Gasteiger partial charge in [0.15, 0.2) is 0 Å². The van der Waals surface area contributed by atoms with Crippen molar-refractivity contribution in [3.63, 3.8) is 0 Å². The summed E-state index contributed by atoms with van der Waals surface area (Å²) in [5.74, 6) is -0.334. The van der Waals surface area contributed by atoms with Gasteiger partial charge in [-0.1, -0.05) is 32.0 Å². The molecule has 1 N–H and O–H groups in total. The molecule has 0 radical (unpaired) electrons. The molecule has 0 bridgehead atoms. The molecule has 2 rings (SSSR count). The first-order valence-electron chi connectivity index (χ1n) is 6.64. The predicted octanol–water partition coefficient (Wildman–Crippen LogP) is 4.29. The van der Waals surface area contributed by atoms with Crippen molar-refractivity contribution in [3.05, 3.63) is 57.5 Å². The van der Waals surface area contributed by atoms with Crippen LogP contribution in [0.25, 0.3) is 0 Å². The molecule has 19 heavy (non-hydrogen) atoms. The largest absolute Gasteiger partial charge is 0.385 e. The molecule has 1 aromatic carbocycles. The Balaban J connectivity index is 2.30. The lowest BCUT2D eigenvalue weighted by Gasteiger charge is -2.27. The summed E-state index contributed by atoms with van der Waals surface area (Å²) in [6, 6.07) is 10.6. The van der Waals surface area contributed by atoms with E-state index in [-0.39, 0.29) is 5.82 Å². The van der Waals surface area contributed by atoms with E-state index in [0.717, 1.165) is 11.3 Å². The van der Waals surface area contributed by atoms with Gasteiger partial charge in [-0.2, -0.15) is 0 Å². The number of thiophene rings is 1. The number of aryl methyl sites for hydroxylation is 1. The van der Waals surface area contributed by atoms with E-state index in [1.165, 1.54) is 10.9 Å². The Morgan fingerprint density at radius 1 is 1.11 bits per heavy atom. The highest BCUT2D eigenvalue weighted by molar-refractivity contribution is 7.12. The Morgan fingerprint density at radius 2 is 1.79 bits per heavy atom. The topological polar surface area (TPSA) is 20.2 Å². The second kappa shape index (κ2) is 5.85. The van der Waals surface area contributed by atoms with Gasteiger partial charge in [-0.3, -0.25) is 0 Å². The molecule has 0 amide bonds. The van der Waals surface area contributed by atoms with E-state index in [1.807, 2.05) is 13.0 Å². The van der Waals surface area contributed by atoms with Crippen LogP contribution in [0.5, 0.6) is 0 Å². The summed E-state index contributed by atoms with van der Waals surface area (Å²) in [4.78, 5) is 2.39. The first-order valence-corrected chi connectivity index (χ1v) is 7.45. The van der Waals surface area contributed by atoms with E-state index in [0.29, 0.717) is 18.4 Å². The Morgan fingerprint density at radius 3 is 2.37 bits per heavy atom. The van der Waals surface area contributed by atoms with Crippen LogP contribution in [0.2, 0.25) is 0 Å². The Kier molecular flexibility index (Phi) is 4.38. The van der Waals surface area contributed by atoms with E-state index in [9.17, 15) is 9.50 Å². The van der Waals surface area contributed by atoms with Crippen LogP contribution in [0, 0.1) is 5.82 Å². The smallest absolute Gasteiger partial charge is 0.129 e. The van der Waals surface area contributed by atoms with Gasteiger partial charge in [0.1, 0.15) is 5.82 Å². The van der Waals surface area contributed by atoms with Crippen LogP contribution in [0.3, 0.4) is 0 Å². The molecular formula is C16H19FOS. The van der Waals surface area contributed by atoms with Crippen molar-refractivity contribution in [2.45, 2.75) is 38.7 Å².